The molecule has 0 heterocycles. The SMILES string of the molecule is CCCCC/C=C\C/C=C\C/C=C\C/C=C\CCCCCCCCCCCCCC(=O)NC(COP(=O)([O-])OCC[N+](C)(C)C)C(/C=C\CCCCCCCCCCCC)OC(=O)CCC/C=C\C/C=C\C/C=C\C/C=C\CCCCC. The summed E-state index contributed by atoms with van der Waals surface area (Å²) in [4.78, 5) is 40.1. The van der Waals surface area contributed by atoms with Crippen molar-refractivity contribution in [2.24, 2.45) is 0 Å². The molecule has 3 atom stereocenters. The maximum atomic E-state index is 13.6. The third-order valence-electron chi connectivity index (χ3n) is 14.4. The summed E-state index contributed by atoms with van der Waals surface area (Å²) in [5, 5.41) is 3.02. The molecule has 3 unspecified atom stereocenters. The van der Waals surface area contributed by atoms with Gasteiger partial charge in [0.2, 0.25) is 5.91 Å². The molecule has 0 aliphatic heterocycles. The Hall–Kier alpha value is -3.33. The maximum absolute atomic E-state index is 13.6. The molecule has 0 rings (SSSR count). The average molecular weight is 1160 g/mol. The summed E-state index contributed by atoms with van der Waals surface area (Å²) >= 11 is 0. The molecule has 0 aliphatic rings. The number of hydrogen-bond acceptors (Lipinski definition) is 7. The van der Waals surface area contributed by atoms with Crippen molar-refractivity contribution >= 4 is 19.7 Å². The lowest BCUT2D eigenvalue weighted by Gasteiger charge is -2.30. The van der Waals surface area contributed by atoms with Gasteiger partial charge in [-0.05, 0) is 115 Å². The van der Waals surface area contributed by atoms with E-state index < -0.39 is 32.5 Å². The number of amides is 1. The van der Waals surface area contributed by atoms with Crippen LogP contribution in [0, 0.1) is 0 Å². The van der Waals surface area contributed by atoms with Crippen molar-refractivity contribution in [3.8, 4) is 0 Å². The van der Waals surface area contributed by atoms with Gasteiger partial charge < -0.3 is 28.5 Å². The van der Waals surface area contributed by atoms with Crippen molar-refractivity contribution in [2.75, 3.05) is 40.9 Å². The fraction of sp³-hybridized carbons (Fsp3) is 0.722. The topological polar surface area (TPSA) is 114 Å². The largest absolute Gasteiger partial charge is 0.756 e. The highest BCUT2D eigenvalue weighted by atomic mass is 31.2. The van der Waals surface area contributed by atoms with Gasteiger partial charge in [0.05, 0.1) is 33.8 Å². The first-order valence-corrected chi connectivity index (χ1v) is 35.2. The number of quaternary nitrogens is 1. The number of carbonyl (C=O) groups excluding carboxylic acids is 2. The molecule has 0 saturated carbocycles. The van der Waals surface area contributed by atoms with Gasteiger partial charge in [-0.3, -0.25) is 14.2 Å². The Morgan fingerprint density at radius 2 is 0.756 bits per heavy atom. The van der Waals surface area contributed by atoms with Gasteiger partial charge in [0.25, 0.3) is 7.82 Å². The Morgan fingerprint density at radius 3 is 1.16 bits per heavy atom. The van der Waals surface area contributed by atoms with Crippen LogP contribution >= 0.6 is 7.82 Å². The van der Waals surface area contributed by atoms with Gasteiger partial charge in [0, 0.05) is 12.8 Å². The van der Waals surface area contributed by atoms with E-state index in [-0.39, 0.29) is 18.9 Å². The molecule has 82 heavy (non-hydrogen) atoms. The molecule has 0 bridgehead atoms. The number of likely N-dealkylation sites (N-methyl/N-ethyl adjacent to an activating group) is 1. The van der Waals surface area contributed by atoms with Crippen LogP contribution in [0.15, 0.2) is 109 Å². The molecule has 0 aliphatic carbocycles. The number of phosphoric ester groups is 1. The minimum Gasteiger partial charge on any atom is -0.756 e. The van der Waals surface area contributed by atoms with Gasteiger partial charge in [-0.15, -0.1) is 0 Å². The van der Waals surface area contributed by atoms with Crippen LogP contribution in [0.2, 0.25) is 0 Å². The minimum absolute atomic E-state index is 0.0360. The second-order valence-electron chi connectivity index (χ2n) is 23.6. The fourth-order valence-electron chi connectivity index (χ4n) is 9.20. The standard InChI is InChI=1S/C72H127N2O7P/c1-7-10-13-16-19-22-25-28-30-32-33-34-35-36-37-38-39-40-41-43-44-46-49-52-55-58-61-64-71(75)73-69(68-80-82(77,78)79-67-66-74(4,5)6)70(63-60-57-54-51-48-27-24-21-18-15-12-9-3)81-72(76)65-62-59-56-53-50-47-45-42-31-29-26-23-20-17-14-11-8-2/h19-20,22-23,28-31,33-34,36-37,45,47,53,56,60,63,69-70H,7-18,21,24-27,32,35,38-44,46,48-52,54-55,57-59,61-62,64-68H2,1-6H3,(H-,73,75,77,78)/b22-19-,23-20-,30-28-,31-29-,34-33-,37-36-,47-45-,56-53-,63-60-. The van der Waals surface area contributed by atoms with E-state index in [2.05, 4.69) is 123 Å². The van der Waals surface area contributed by atoms with E-state index in [1.807, 2.05) is 33.3 Å². The van der Waals surface area contributed by atoms with E-state index in [9.17, 15) is 19.0 Å². The lowest BCUT2D eigenvalue weighted by atomic mass is 10.0. The van der Waals surface area contributed by atoms with Crippen LogP contribution in [0.1, 0.15) is 284 Å². The van der Waals surface area contributed by atoms with Gasteiger partial charge in [-0.1, -0.05) is 265 Å². The van der Waals surface area contributed by atoms with Crippen LogP contribution in [-0.2, 0) is 27.9 Å². The van der Waals surface area contributed by atoms with Gasteiger partial charge in [0.1, 0.15) is 19.3 Å². The lowest BCUT2D eigenvalue weighted by molar-refractivity contribution is -0.870. The first-order valence-electron chi connectivity index (χ1n) is 33.7. The zero-order valence-electron chi connectivity index (χ0n) is 53.9. The van der Waals surface area contributed by atoms with Crippen LogP contribution < -0.4 is 10.2 Å². The van der Waals surface area contributed by atoms with Gasteiger partial charge in [-0.2, -0.15) is 0 Å². The average Bonchev–Trinajstić information content (AvgIpc) is 3.47. The van der Waals surface area contributed by atoms with Crippen molar-refractivity contribution in [3.05, 3.63) is 109 Å². The number of unbranched alkanes of at least 4 members (excludes halogenated alkanes) is 28. The predicted octanol–water partition coefficient (Wildman–Crippen LogP) is 20.7. The first kappa shape index (κ1) is 78.7. The highest BCUT2D eigenvalue weighted by Crippen LogP contribution is 2.38. The molecule has 9 nitrogen and oxygen atoms in total. The van der Waals surface area contributed by atoms with Crippen molar-refractivity contribution in [2.45, 2.75) is 296 Å². The normalized spacial score (nSPS) is 14.3. The summed E-state index contributed by atoms with van der Waals surface area (Å²) in [6, 6.07) is -0.919. The Balaban J connectivity index is 5.16. The number of phosphoric acid groups is 1. The van der Waals surface area contributed by atoms with E-state index in [1.54, 1.807) is 0 Å². The molecule has 472 valence electrons. The van der Waals surface area contributed by atoms with Crippen LogP contribution in [0.3, 0.4) is 0 Å². The highest BCUT2D eigenvalue weighted by molar-refractivity contribution is 7.45. The zero-order chi connectivity index (χ0) is 60.0. The molecule has 1 amide bonds. The number of esters is 1. The molecule has 1 N–H and O–H groups in total. The second-order valence-corrected chi connectivity index (χ2v) is 25.0. The Kier molecular flexibility index (Phi) is 58.3. The Labute approximate surface area is 506 Å². The predicted molar refractivity (Wildman–Crippen MR) is 353 cm³/mol. The van der Waals surface area contributed by atoms with Gasteiger partial charge in [-0.25, -0.2) is 0 Å². The van der Waals surface area contributed by atoms with Crippen molar-refractivity contribution < 1.29 is 37.3 Å². The van der Waals surface area contributed by atoms with Crippen LogP contribution in [0.25, 0.3) is 0 Å². The third-order valence-corrected chi connectivity index (χ3v) is 15.4. The first-order chi connectivity index (χ1) is 39.9. The number of nitrogens with one attached hydrogen (secondary N) is 1. The van der Waals surface area contributed by atoms with Crippen LogP contribution in [-0.4, -0.2) is 69.4 Å². The number of nitrogens with zero attached hydrogens (tertiary/aromatic N) is 1. The van der Waals surface area contributed by atoms with Gasteiger partial charge in [0.15, 0.2) is 0 Å². The van der Waals surface area contributed by atoms with E-state index in [1.165, 1.54) is 148 Å². The molecule has 0 saturated heterocycles. The molecule has 0 spiro atoms. The smallest absolute Gasteiger partial charge is 0.306 e. The van der Waals surface area contributed by atoms with E-state index in [4.69, 9.17) is 13.8 Å². The van der Waals surface area contributed by atoms with Crippen LogP contribution in [0.4, 0.5) is 0 Å². The summed E-state index contributed by atoms with van der Waals surface area (Å²) in [5.41, 5.74) is 0. The number of ether oxygens (including phenoxy) is 1. The minimum atomic E-state index is -4.72. The number of hydrogen-bond donors (Lipinski definition) is 1. The zero-order valence-corrected chi connectivity index (χ0v) is 54.8. The molecule has 0 aromatic rings. The van der Waals surface area contributed by atoms with Crippen LogP contribution in [0.5, 0.6) is 0 Å². The number of allylic oxidation sites excluding steroid dienone is 17. The molecule has 0 fully saturated rings. The summed E-state index contributed by atoms with van der Waals surface area (Å²) in [7, 11) is 1.14. The Bertz CT molecular complexity index is 1770. The molecular weight excluding hydrogens is 1040 g/mol. The van der Waals surface area contributed by atoms with Crippen molar-refractivity contribution in [3.63, 3.8) is 0 Å². The summed E-state index contributed by atoms with van der Waals surface area (Å²) in [6.07, 6.45) is 83.5. The molecule has 0 aromatic carbocycles. The highest BCUT2D eigenvalue weighted by Gasteiger charge is 2.27. The third kappa shape index (κ3) is 61.2. The molecule has 0 aromatic heterocycles. The summed E-state index contributed by atoms with van der Waals surface area (Å²) in [5.74, 6) is -0.612. The van der Waals surface area contributed by atoms with E-state index >= 15 is 0 Å². The molecule has 10 heteroatoms. The quantitative estimate of drug-likeness (QED) is 0.0212. The van der Waals surface area contributed by atoms with E-state index in [0.29, 0.717) is 23.9 Å². The second kappa shape index (κ2) is 60.8. The lowest BCUT2D eigenvalue weighted by Crippen LogP contribution is -2.47. The van der Waals surface area contributed by atoms with Crippen molar-refractivity contribution in [1.82, 2.24) is 5.32 Å². The molecular formula is C72H127N2O7P. The van der Waals surface area contributed by atoms with Gasteiger partial charge >= 0.3 is 5.97 Å². The summed E-state index contributed by atoms with van der Waals surface area (Å²) in [6.45, 7) is 6.75. The monoisotopic (exact) mass is 1160 g/mol. The summed E-state index contributed by atoms with van der Waals surface area (Å²) < 4.78 is 30.3. The fourth-order valence-corrected chi connectivity index (χ4v) is 9.93. The number of rotatable bonds is 60. The van der Waals surface area contributed by atoms with E-state index in [0.717, 1.165) is 96.3 Å². The number of carbonyl (C=O) groups is 2. The Morgan fingerprint density at radius 1 is 0.427 bits per heavy atom. The molecule has 0 radical (unpaired) electrons. The maximum Gasteiger partial charge on any atom is 0.306 e. The van der Waals surface area contributed by atoms with Crippen molar-refractivity contribution in [1.29, 1.82) is 0 Å².